The fourth-order valence-corrected chi connectivity index (χ4v) is 2.23. The Labute approximate surface area is 114 Å². The van der Waals surface area contributed by atoms with Crippen LogP contribution in [0.15, 0.2) is 23.1 Å². The Kier molecular flexibility index (Phi) is 4.14. The van der Waals surface area contributed by atoms with Crippen molar-refractivity contribution in [1.82, 2.24) is 9.47 Å². The average molecular weight is 280 g/mol. The molecule has 1 atom stereocenters. The zero-order chi connectivity index (χ0) is 14.7. The molecule has 0 aliphatic carbocycles. The SMILES string of the molecule is NC1CCCN(C(=O)Cn2cc([N+](=O)[O-])ccc2=O)C1. The highest BCUT2D eigenvalue weighted by Gasteiger charge is 2.22. The van der Waals surface area contributed by atoms with E-state index in [1.165, 1.54) is 0 Å². The van der Waals surface area contributed by atoms with E-state index in [0.29, 0.717) is 13.1 Å². The van der Waals surface area contributed by atoms with Gasteiger partial charge in [-0.05, 0) is 12.8 Å². The smallest absolute Gasteiger partial charge is 0.285 e. The summed E-state index contributed by atoms with van der Waals surface area (Å²) in [6.45, 7) is 0.867. The maximum atomic E-state index is 12.1. The Hall–Kier alpha value is -2.22. The number of likely N-dealkylation sites (tertiary alicyclic amines) is 1. The molecule has 1 aromatic rings. The number of nitrogens with zero attached hydrogens (tertiary/aromatic N) is 3. The topological polar surface area (TPSA) is 111 Å². The van der Waals surface area contributed by atoms with E-state index in [2.05, 4.69) is 0 Å². The third-order valence-corrected chi connectivity index (χ3v) is 3.29. The molecular formula is C12H16N4O4. The number of piperidine rings is 1. The Morgan fingerprint density at radius 3 is 2.90 bits per heavy atom. The number of amides is 1. The summed E-state index contributed by atoms with van der Waals surface area (Å²) in [6.07, 6.45) is 2.79. The number of rotatable bonds is 3. The van der Waals surface area contributed by atoms with Crippen molar-refractivity contribution in [2.24, 2.45) is 5.73 Å². The van der Waals surface area contributed by atoms with Crippen LogP contribution in [0.25, 0.3) is 0 Å². The number of aromatic nitrogens is 1. The second kappa shape index (κ2) is 5.83. The number of carbonyl (C=O) groups excluding carboxylic acids is 1. The first-order valence-corrected chi connectivity index (χ1v) is 6.35. The van der Waals surface area contributed by atoms with Gasteiger partial charge in [0.2, 0.25) is 5.91 Å². The summed E-state index contributed by atoms with van der Waals surface area (Å²) >= 11 is 0. The summed E-state index contributed by atoms with van der Waals surface area (Å²) in [7, 11) is 0. The van der Waals surface area contributed by atoms with Gasteiger partial charge in [0, 0.05) is 31.3 Å². The maximum Gasteiger partial charge on any atom is 0.285 e. The van der Waals surface area contributed by atoms with E-state index in [-0.39, 0.29) is 24.2 Å². The van der Waals surface area contributed by atoms with E-state index in [1.54, 1.807) is 4.90 Å². The van der Waals surface area contributed by atoms with Crippen LogP contribution in [0.5, 0.6) is 0 Å². The highest BCUT2D eigenvalue weighted by molar-refractivity contribution is 5.76. The number of hydrogen-bond donors (Lipinski definition) is 1. The largest absolute Gasteiger partial charge is 0.340 e. The zero-order valence-electron chi connectivity index (χ0n) is 10.9. The lowest BCUT2D eigenvalue weighted by molar-refractivity contribution is -0.385. The predicted molar refractivity (Wildman–Crippen MR) is 71.1 cm³/mol. The lowest BCUT2D eigenvalue weighted by Gasteiger charge is -2.30. The average Bonchev–Trinajstić information content (AvgIpc) is 2.41. The third-order valence-electron chi connectivity index (χ3n) is 3.29. The van der Waals surface area contributed by atoms with Crippen molar-refractivity contribution < 1.29 is 9.72 Å². The van der Waals surface area contributed by atoms with Gasteiger partial charge in [-0.1, -0.05) is 0 Å². The van der Waals surface area contributed by atoms with Crippen molar-refractivity contribution in [3.05, 3.63) is 38.8 Å². The minimum absolute atomic E-state index is 0.0467. The standard InChI is InChI=1S/C12H16N4O4/c13-9-2-1-5-14(6-9)12(18)8-15-7-10(16(19)20)3-4-11(15)17/h3-4,7,9H,1-2,5-6,8,13H2. The Balaban J connectivity index is 2.13. The first-order chi connectivity index (χ1) is 9.47. The van der Waals surface area contributed by atoms with Gasteiger partial charge in [0.15, 0.2) is 0 Å². The molecule has 108 valence electrons. The first kappa shape index (κ1) is 14.2. The highest BCUT2D eigenvalue weighted by atomic mass is 16.6. The molecule has 2 heterocycles. The van der Waals surface area contributed by atoms with Crippen LogP contribution in [-0.4, -0.2) is 39.4 Å². The van der Waals surface area contributed by atoms with Gasteiger partial charge in [-0.2, -0.15) is 0 Å². The quantitative estimate of drug-likeness (QED) is 0.604. The highest BCUT2D eigenvalue weighted by Crippen LogP contribution is 2.10. The van der Waals surface area contributed by atoms with Crippen LogP contribution in [0.4, 0.5) is 5.69 Å². The van der Waals surface area contributed by atoms with Gasteiger partial charge < -0.3 is 10.6 Å². The second-order valence-electron chi connectivity index (χ2n) is 4.85. The van der Waals surface area contributed by atoms with E-state index < -0.39 is 10.5 Å². The van der Waals surface area contributed by atoms with Crippen molar-refractivity contribution in [1.29, 1.82) is 0 Å². The van der Waals surface area contributed by atoms with Crippen LogP contribution in [0.2, 0.25) is 0 Å². The lowest BCUT2D eigenvalue weighted by atomic mass is 10.1. The predicted octanol–water partition coefficient (Wildman–Crippen LogP) is -0.294. The summed E-state index contributed by atoms with van der Waals surface area (Å²) in [4.78, 5) is 35.4. The first-order valence-electron chi connectivity index (χ1n) is 6.35. The number of nitro groups is 1. The molecular weight excluding hydrogens is 264 g/mol. The summed E-state index contributed by atoms with van der Waals surface area (Å²) < 4.78 is 1.06. The zero-order valence-corrected chi connectivity index (χ0v) is 10.9. The van der Waals surface area contributed by atoms with Crippen molar-refractivity contribution in [3.8, 4) is 0 Å². The molecule has 2 rings (SSSR count). The van der Waals surface area contributed by atoms with Gasteiger partial charge in [-0.15, -0.1) is 0 Å². The molecule has 20 heavy (non-hydrogen) atoms. The maximum absolute atomic E-state index is 12.1. The molecule has 0 aromatic carbocycles. The van der Waals surface area contributed by atoms with Crippen molar-refractivity contribution in [2.45, 2.75) is 25.4 Å². The molecule has 0 radical (unpaired) electrons. The van der Waals surface area contributed by atoms with Gasteiger partial charge >= 0.3 is 0 Å². The lowest BCUT2D eigenvalue weighted by Crippen LogP contribution is -2.47. The monoisotopic (exact) mass is 280 g/mol. The van der Waals surface area contributed by atoms with Crippen molar-refractivity contribution in [2.75, 3.05) is 13.1 Å². The summed E-state index contributed by atoms with van der Waals surface area (Å²) in [5.41, 5.74) is 5.14. The normalized spacial score (nSPS) is 18.9. The molecule has 0 bridgehead atoms. The van der Waals surface area contributed by atoms with E-state index >= 15 is 0 Å². The fraction of sp³-hybridized carbons (Fsp3) is 0.500. The molecule has 1 aliphatic heterocycles. The molecule has 8 nitrogen and oxygen atoms in total. The van der Waals surface area contributed by atoms with Crippen LogP contribution >= 0.6 is 0 Å². The minimum atomic E-state index is -0.600. The van der Waals surface area contributed by atoms with Crippen molar-refractivity contribution in [3.63, 3.8) is 0 Å². The minimum Gasteiger partial charge on any atom is -0.340 e. The van der Waals surface area contributed by atoms with Crippen LogP contribution in [-0.2, 0) is 11.3 Å². The van der Waals surface area contributed by atoms with E-state index in [1.807, 2.05) is 0 Å². The van der Waals surface area contributed by atoms with Crippen molar-refractivity contribution >= 4 is 11.6 Å². The van der Waals surface area contributed by atoms with Gasteiger partial charge in [0.1, 0.15) is 6.54 Å². The molecule has 2 N–H and O–H groups in total. The van der Waals surface area contributed by atoms with E-state index in [4.69, 9.17) is 5.73 Å². The van der Waals surface area contributed by atoms with Crippen LogP contribution in [0.3, 0.4) is 0 Å². The second-order valence-corrected chi connectivity index (χ2v) is 4.85. The molecule has 1 aliphatic rings. The third kappa shape index (κ3) is 3.21. The summed E-state index contributed by atoms with van der Waals surface area (Å²) in [5.74, 6) is -0.247. The summed E-state index contributed by atoms with van der Waals surface area (Å²) in [6, 6.07) is 2.17. The molecule has 1 saturated heterocycles. The van der Waals surface area contributed by atoms with Gasteiger partial charge in [0.05, 0.1) is 11.1 Å². The van der Waals surface area contributed by atoms with Gasteiger partial charge in [0.25, 0.3) is 11.2 Å². The van der Waals surface area contributed by atoms with Crippen LogP contribution in [0.1, 0.15) is 12.8 Å². The van der Waals surface area contributed by atoms with Crippen LogP contribution in [0, 0.1) is 10.1 Å². The molecule has 1 amide bonds. The summed E-state index contributed by atoms with van der Waals surface area (Å²) in [5, 5.41) is 10.7. The van der Waals surface area contributed by atoms with Gasteiger partial charge in [-0.25, -0.2) is 0 Å². The number of hydrogen-bond acceptors (Lipinski definition) is 5. The molecule has 8 heteroatoms. The molecule has 1 unspecified atom stereocenters. The van der Waals surface area contributed by atoms with E-state index in [0.717, 1.165) is 35.7 Å². The van der Waals surface area contributed by atoms with Crippen LogP contribution < -0.4 is 11.3 Å². The Morgan fingerprint density at radius 2 is 2.25 bits per heavy atom. The Bertz CT molecular complexity index is 583. The fourth-order valence-electron chi connectivity index (χ4n) is 2.23. The number of carbonyl (C=O) groups is 1. The Morgan fingerprint density at radius 1 is 1.50 bits per heavy atom. The molecule has 1 fully saturated rings. The van der Waals surface area contributed by atoms with E-state index in [9.17, 15) is 19.7 Å². The molecule has 0 saturated carbocycles. The molecule has 0 spiro atoms. The molecule has 1 aromatic heterocycles. The number of pyridine rings is 1. The number of nitrogens with two attached hydrogens (primary N) is 1. The van der Waals surface area contributed by atoms with Gasteiger partial charge in [-0.3, -0.25) is 24.3 Å².